The maximum atomic E-state index is 12.2. The van der Waals surface area contributed by atoms with Crippen LogP contribution < -0.4 is 4.72 Å². The fourth-order valence-electron chi connectivity index (χ4n) is 1.68. The predicted molar refractivity (Wildman–Crippen MR) is 78.4 cm³/mol. The molecule has 2 rings (SSSR count). The summed E-state index contributed by atoms with van der Waals surface area (Å²) in [6, 6.07) is 5.40. The molecule has 1 aromatic heterocycles. The van der Waals surface area contributed by atoms with Crippen molar-refractivity contribution in [3.63, 3.8) is 0 Å². The van der Waals surface area contributed by atoms with Gasteiger partial charge < -0.3 is 4.57 Å². The van der Waals surface area contributed by atoms with Crippen molar-refractivity contribution in [2.24, 2.45) is 7.05 Å². The Bertz CT molecular complexity index is 713. The van der Waals surface area contributed by atoms with Crippen molar-refractivity contribution in [2.45, 2.75) is 23.0 Å². The highest BCUT2D eigenvalue weighted by atomic mass is 35.5. The minimum atomic E-state index is -3.65. The third kappa shape index (κ3) is 3.14. The third-order valence-corrected chi connectivity index (χ3v) is 4.93. The lowest BCUT2D eigenvalue weighted by Crippen LogP contribution is -2.28. The van der Waals surface area contributed by atoms with Gasteiger partial charge in [0.05, 0.1) is 10.9 Å². The van der Waals surface area contributed by atoms with Gasteiger partial charge in [0.2, 0.25) is 10.0 Å². The zero-order chi connectivity index (χ0) is 14.9. The van der Waals surface area contributed by atoms with Crippen LogP contribution in [0.5, 0.6) is 0 Å². The van der Waals surface area contributed by atoms with Crippen molar-refractivity contribution in [2.75, 3.05) is 0 Å². The van der Waals surface area contributed by atoms with Gasteiger partial charge in [0.15, 0.2) is 11.0 Å². The lowest BCUT2D eigenvalue weighted by molar-refractivity contribution is 0.551. The normalized spacial score (nSPS) is 13.4. The summed E-state index contributed by atoms with van der Waals surface area (Å²) in [5.74, 6) is 0.479. The fraction of sp³-hybridized carbons (Fsp3) is 0.273. The molecule has 1 aromatic carbocycles. The Morgan fingerprint density at radius 3 is 2.40 bits per heavy atom. The van der Waals surface area contributed by atoms with Crippen LogP contribution in [-0.4, -0.2) is 23.2 Å². The number of halogens is 1. The van der Waals surface area contributed by atoms with E-state index in [4.69, 9.17) is 11.6 Å². The van der Waals surface area contributed by atoms with Gasteiger partial charge in [-0.25, -0.2) is 13.1 Å². The maximum absolute atomic E-state index is 12.2. The smallest absolute Gasteiger partial charge is 0.241 e. The van der Waals surface area contributed by atoms with Crippen LogP contribution in [0.15, 0.2) is 34.3 Å². The van der Waals surface area contributed by atoms with Gasteiger partial charge in [-0.3, -0.25) is 0 Å². The molecule has 0 bridgehead atoms. The summed E-state index contributed by atoms with van der Waals surface area (Å²) >= 11 is 9.84. The molecule has 2 aromatic rings. The summed E-state index contributed by atoms with van der Waals surface area (Å²) in [6.07, 6.45) is 0. The van der Waals surface area contributed by atoms with E-state index >= 15 is 0 Å². The van der Waals surface area contributed by atoms with Gasteiger partial charge in [0, 0.05) is 12.1 Å². The average Bonchev–Trinajstić information content (AvgIpc) is 2.70. The largest absolute Gasteiger partial charge is 0.308 e. The van der Waals surface area contributed by atoms with Gasteiger partial charge in [-0.05, 0) is 31.2 Å². The van der Waals surface area contributed by atoms with E-state index in [2.05, 4.69) is 27.5 Å². The first kappa shape index (κ1) is 15.3. The van der Waals surface area contributed by atoms with E-state index in [0.717, 1.165) is 0 Å². The highest BCUT2D eigenvalue weighted by Gasteiger charge is 2.21. The van der Waals surface area contributed by atoms with Crippen molar-refractivity contribution in [3.8, 4) is 0 Å². The molecular weight excluding hydrogens is 320 g/mol. The second kappa shape index (κ2) is 5.72. The number of sulfonamides is 1. The van der Waals surface area contributed by atoms with Crippen LogP contribution >= 0.6 is 24.2 Å². The first-order chi connectivity index (χ1) is 9.31. The predicted octanol–water partition coefficient (Wildman–Crippen LogP) is 1.80. The number of aromatic nitrogens is 3. The Labute approximate surface area is 127 Å². The molecule has 0 radical (unpaired) electrons. The van der Waals surface area contributed by atoms with Crippen molar-refractivity contribution >= 4 is 34.3 Å². The van der Waals surface area contributed by atoms with E-state index < -0.39 is 16.1 Å². The zero-order valence-electron chi connectivity index (χ0n) is 10.8. The van der Waals surface area contributed by atoms with Crippen molar-refractivity contribution < 1.29 is 8.42 Å². The topological polar surface area (TPSA) is 76.9 Å². The van der Waals surface area contributed by atoms with Crippen LogP contribution in [-0.2, 0) is 17.1 Å². The highest BCUT2D eigenvalue weighted by molar-refractivity contribution is 7.89. The van der Waals surface area contributed by atoms with Gasteiger partial charge in [-0.2, -0.15) is 0 Å². The standard InChI is InChI=1S/C11H13ClN4O2S2/c1-7(10-13-14-11(19)16(10)2)15-20(17,18)9-5-3-8(12)4-6-9/h3-7,15H,1-2H3,(H,14,19). The third-order valence-electron chi connectivity index (χ3n) is 2.73. The fourth-order valence-corrected chi connectivity index (χ4v) is 3.15. The molecule has 9 heteroatoms. The summed E-state index contributed by atoms with van der Waals surface area (Å²) in [5, 5.41) is 8.56. The molecule has 0 spiro atoms. The number of hydrogen-bond donors (Lipinski definition) is 2. The maximum Gasteiger partial charge on any atom is 0.241 e. The highest BCUT2D eigenvalue weighted by Crippen LogP contribution is 2.18. The molecule has 0 aliphatic rings. The minimum absolute atomic E-state index is 0.141. The molecule has 0 saturated carbocycles. The summed E-state index contributed by atoms with van der Waals surface area (Å²) in [5.41, 5.74) is 0. The number of nitrogens with one attached hydrogen (secondary N) is 1. The van der Waals surface area contributed by atoms with E-state index in [9.17, 15) is 8.42 Å². The zero-order valence-corrected chi connectivity index (χ0v) is 13.2. The van der Waals surface area contributed by atoms with E-state index in [0.29, 0.717) is 16.0 Å². The van der Waals surface area contributed by atoms with Crippen LogP contribution in [0.2, 0.25) is 5.02 Å². The molecule has 6 nitrogen and oxygen atoms in total. The summed E-state index contributed by atoms with van der Waals surface area (Å²) < 4.78 is 28.6. The lowest BCUT2D eigenvalue weighted by atomic mass is 10.3. The van der Waals surface area contributed by atoms with Crippen LogP contribution in [0.25, 0.3) is 0 Å². The molecule has 1 heterocycles. The van der Waals surface area contributed by atoms with E-state index in [1.165, 1.54) is 24.3 Å². The van der Waals surface area contributed by atoms with E-state index in [-0.39, 0.29) is 4.90 Å². The Balaban J connectivity index is 2.24. The Kier molecular flexibility index (Phi) is 4.38. The number of rotatable bonds is 4. The number of thiol groups is 1. The SMILES string of the molecule is CC(NS(=O)(=O)c1ccc(Cl)cc1)c1nnc(S)n1C. The molecule has 1 unspecified atom stereocenters. The second-order valence-electron chi connectivity index (χ2n) is 4.21. The first-order valence-electron chi connectivity index (χ1n) is 5.67. The monoisotopic (exact) mass is 332 g/mol. The Hall–Kier alpha value is -1.09. The van der Waals surface area contributed by atoms with Gasteiger partial charge in [0.25, 0.3) is 0 Å². The molecule has 0 aliphatic carbocycles. The van der Waals surface area contributed by atoms with Crippen molar-refractivity contribution in [1.82, 2.24) is 19.5 Å². The first-order valence-corrected chi connectivity index (χ1v) is 7.98. The Morgan fingerprint density at radius 1 is 1.30 bits per heavy atom. The molecule has 0 amide bonds. The molecule has 0 saturated heterocycles. The van der Waals surface area contributed by atoms with E-state index in [1.54, 1.807) is 18.5 Å². The van der Waals surface area contributed by atoms with Crippen LogP contribution in [0.1, 0.15) is 18.8 Å². The van der Waals surface area contributed by atoms with Crippen LogP contribution in [0, 0.1) is 0 Å². The molecule has 108 valence electrons. The lowest BCUT2D eigenvalue weighted by Gasteiger charge is -2.13. The molecule has 20 heavy (non-hydrogen) atoms. The average molecular weight is 333 g/mol. The molecule has 0 aliphatic heterocycles. The molecule has 1 atom stereocenters. The molecule has 0 fully saturated rings. The van der Waals surface area contributed by atoms with Gasteiger partial charge in [-0.1, -0.05) is 11.6 Å². The summed E-state index contributed by atoms with van der Waals surface area (Å²) in [4.78, 5) is 0.141. The van der Waals surface area contributed by atoms with Gasteiger partial charge >= 0.3 is 0 Å². The quantitative estimate of drug-likeness (QED) is 0.837. The van der Waals surface area contributed by atoms with E-state index in [1.807, 2.05) is 0 Å². The minimum Gasteiger partial charge on any atom is -0.308 e. The van der Waals surface area contributed by atoms with Gasteiger partial charge in [-0.15, -0.1) is 22.8 Å². The molecule has 1 N–H and O–H groups in total. The number of benzene rings is 1. The van der Waals surface area contributed by atoms with Crippen LogP contribution in [0.4, 0.5) is 0 Å². The van der Waals surface area contributed by atoms with Gasteiger partial charge in [0.1, 0.15) is 0 Å². The summed E-state index contributed by atoms with van der Waals surface area (Å²) in [6.45, 7) is 1.69. The second-order valence-corrected chi connectivity index (χ2v) is 6.76. The number of nitrogens with zero attached hydrogens (tertiary/aromatic N) is 3. The van der Waals surface area contributed by atoms with Crippen molar-refractivity contribution in [1.29, 1.82) is 0 Å². The van der Waals surface area contributed by atoms with Crippen molar-refractivity contribution in [3.05, 3.63) is 35.1 Å². The number of hydrogen-bond acceptors (Lipinski definition) is 5. The Morgan fingerprint density at radius 2 is 1.90 bits per heavy atom. The van der Waals surface area contributed by atoms with Crippen LogP contribution in [0.3, 0.4) is 0 Å². The molecular formula is C11H13ClN4O2S2. The summed E-state index contributed by atoms with van der Waals surface area (Å²) in [7, 11) is -1.93.